The van der Waals surface area contributed by atoms with Crippen LogP contribution in [0.15, 0.2) is 33.0 Å². The van der Waals surface area contributed by atoms with Gasteiger partial charge in [-0.05, 0) is 91.9 Å². The van der Waals surface area contributed by atoms with Crippen LogP contribution >= 0.6 is 27.7 Å². The maximum Gasteiger partial charge on any atom is 0.236 e. The van der Waals surface area contributed by atoms with Crippen molar-refractivity contribution in [2.45, 2.75) is 49.7 Å². The monoisotopic (exact) mass is 603 g/mol. The van der Waals surface area contributed by atoms with E-state index in [1.165, 1.54) is 11.8 Å². The minimum absolute atomic E-state index is 0.228. The summed E-state index contributed by atoms with van der Waals surface area (Å²) in [6.07, 6.45) is 4.96. The lowest BCUT2D eigenvalue weighted by Crippen LogP contribution is -2.43. The predicted molar refractivity (Wildman–Crippen MR) is 150 cm³/mol. The topological polar surface area (TPSA) is 112 Å². The molecule has 2 N–H and O–H groups in total. The standard InChI is InChI=1S/C26H34BrN7O3S/c1-3-33(4-2)22(35)15-32-8-5-17(6-9-32)7-10-34-16-29-24(28)23-25(34)31-26(30-23)38-21-14-20-19(13-18(21)27)36-11-12-37-20/h13-14,16-17H,3-12,15,28H2,1-2H3. The first-order valence-corrected chi connectivity index (χ1v) is 14.8. The lowest BCUT2D eigenvalue weighted by atomic mass is 9.93. The van der Waals surface area contributed by atoms with Gasteiger partial charge in [-0.25, -0.2) is 15.0 Å². The first-order valence-electron chi connectivity index (χ1n) is 13.2. The molecule has 0 radical (unpaired) electrons. The fourth-order valence-corrected chi connectivity index (χ4v) is 6.34. The number of hydrogen-bond acceptors (Lipinski definition) is 9. The Hall–Kier alpha value is -2.57. The lowest BCUT2D eigenvalue weighted by molar-refractivity contribution is -0.132. The number of carbonyl (C=O) groups excluding carboxylic acids is 1. The lowest BCUT2D eigenvalue weighted by Gasteiger charge is -2.33. The first-order chi connectivity index (χ1) is 18.4. The summed E-state index contributed by atoms with van der Waals surface area (Å²) in [5, 5.41) is 0.608. The summed E-state index contributed by atoms with van der Waals surface area (Å²) in [4.78, 5) is 31.5. The van der Waals surface area contributed by atoms with Crippen LogP contribution in [0.3, 0.4) is 0 Å². The quantitative estimate of drug-likeness (QED) is 0.387. The Bertz CT molecular complexity index is 1240. The number of aryl methyl sites for hydroxylation is 1. The molecule has 204 valence electrons. The summed E-state index contributed by atoms with van der Waals surface area (Å²) in [6.45, 7) is 9.92. The minimum Gasteiger partial charge on any atom is -0.486 e. The predicted octanol–water partition coefficient (Wildman–Crippen LogP) is 4.02. The highest BCUT2D eigenvalue weighted by Gasteiger charge is 2.25. The molecule has 0 bridgehead atoms. The van der Waals surface area contributed by atoms with Crippen LogP contribution in [0.25, 0.3) is 11.5 Å². The van der Waals surface area contributed by atoms with Crippen LogP contribution in [-0.2, 0) is 11.3 Å². The molecule has 4 heterocycles. The SMILES string of the molecule is CCN(CC)C(=O)CN1CCC(CCn2cnc(N)c3nc(Sc4cc5c(cc4Br)OCCO5)nc2-3)CC1. The number of likely N-dealkylation sites (N-methyl/N-ethyl adjacent to an activating group) is 1. The van der Waals surface area contributed by atoms with E-state index < -0.39 is 0 Å². The van der Waals surface area contributed by atoms with Crippen LogP contribution in [0.4, 0.5) is 5.82 Å². The van der Waals surface area contributed by atoms with Crippen LogP contribution in [-0.4, -0.2) is 81.2 Å². The molecule has 1 aromatic rings. The third kappa shape index (κ3) is 6.02. The molecule has 1 saturated heterocycles. The molecular weight excluding hydrogens is 570 g/mol. The average Bonchev–Trinajstić information content (AvgIpc) is 3.35. The van der Waals surface area contributed by atoms with E-state index in [0.29, 0.717) is 42.3 Å². The molecule has 10 nitrogen and oxygen atoms in total. The van der Waals surface area contributed by atoms with Gasteiger partial charge in [0, 0.05) is 29.0 Å². The molecule has 4 aliphatic rings. The third-order valence-electron chi connectivity index (χ3n) is 7.23. The number of nitrogens with zero attached hydrogens (tertiary/aromatic N) is 6. The number of carbonyl (C=O) groups is 1. The highest BCUT2D eigenvalue weighted by Crippen LogP contribution is 2.42. The molecule has 1 aromatic carbocycles. The number of fused-ring (bicyclic) bond motifs is 2. The van der Waals surface area contributed by atoms with E-state index in [0.717, 1.165) is 78.7 Å². The van der Waals surface area contributed by atoms with Gasteiger partial charge in [0.25, 0.3) is 0 Å². The molecule has 1 amide bonds. The van der Waals surface area contributed by atoms with E-state index >= 15 is 0 Å². The summed E-state index contributed by atoms with van der Waals surface area (Å²) in [7, 11) is 0. The van der Waals surface area contributed by atoms with Gasteiger partial charge in [-0.3, -0.25) is 9.69 Å². The van der Waals surface area contributed by atoms with E-state index in [-0.39, 0.29) is 5.91 Å². The molecule has 0 spiro atoms. The van der Waals surface area contributed by atoms with E-state index in [2.05, 4.69) is 35.4 Å². The number of likely N-dealkylation sites (tertiary alicyclic amines) is 1. The molecule has 4 aliphatic heterocycles. The normalized spacial score (nSPS) is 16.2. The number of piperidine rings is 1. The number of rotatable bonds is 9. The summed E-state index contributed by atoms with van der Waals surface area (Å²) < 4.78 is 14.3. The van der Waals surface area contributed by atoms with Crippen LogP contribution < -0.4 is 15.2 Å². The fraction of sp³-hybridized carbons (Fsp3) is 0.538. The second-order valence-corrected chi connectivity index (χ2v) is 11.5. The van der Waals surface area contributed by atoms with Gasteiger partial charge in [0.1, 0.15) is 13.2 Å². The van der Waals surface area contributed by atoms with Crippen molar-refractivity contribution in [1.29, 1.82) is 0 Å². The van der Waals surface area contributed by atoms with Crippen molar-refractivity contribution in [2.24, 2.45) is 5.92 Å². The maximum atomic E-state index is 12.5. The highest BCUT2D eigenvalue weighted by molar-refractivity contribution is 9.10. The van der Waals surface area contributed by atoms with E-state index in [1.54, 1.807) is 6.33 Å². The first kappa shape index (κ1) is 27.0. The minimum atomic E-state index is 0.228. The zero-order chi connectivity index (χ0) is 26.6. The highest BCUT2D eigenvalue weighted by atomic mass is 79.9. The van der Waals surface area contributed by atoms with Gasteiger partial charge in [-0.1, -0.05) is 0 Å². The Morgan fingerprint density at radius 3 is 2.58 bits per heavy atom. The van der Waals surface area contributed by atoms with Gasteiger partial charge >= 0.3 is 0 Å². The van der Waals surface area contributed by atoms with Crippen molar-refractivity contribution in [3.8, 4) is 23.0 Å². The Labute approximate surface area is 235 Å². The summed E-state index contributed by atoms with van der Waals surface area (Å²) in [5.74, 6) is 3.40. The number of hydrogen-bond donors (Lipinski definition) is 1. The van der Waals surface area contributed by atoms with Gasteiger partial charge in [-0.2, -0.15) is 0 Å². The van der Waals surface area contributed by atoms with Gasteiger partial charge in [-0.15, -0.1) is 0 Å². The van der Waals surface area contributed by atoms with E-state index in [4.69, 9.17) is 20.2 Å². The smallest absolute Gasteiger partial charge is 0.236 e. The number of aromatic nitrogens is 4. The number of benzene rings is 1. The molecule has 0 saturated carbocycles. The van der Waals surface area contributed by atoms with Crippen LogP contribution in [0.5, 0.6) is 11.5 Å². The number of ether oxygens (including phenoxy) is 2. The molecule has 0 unspecified atom stereocenters. The van der Waals surface area contributed by atoms with E-state index in [1.807, 2.05) is 30.9 Å². The van der Waals surface area contributed by atoms with Gasteiger partial charge in [0.2, 0.25) is 5.91 Å². The molecular formula is C26H34BrN7O3S. The second kappa shape index (κ2) is 12.1. The number of anilines is 1. The fourth-order valence-electron chi connectivity index (χ4n) is 4.99. The zero-order valence-electron chi connectivity index (χ0n) is 21.9. The molecule has 38 heavy (non-hydrogen) atoms. The largest absolute Gasteiger partial charge is 0.486 e. The number of nitrogens with two attached hydrogens (primary N) is 1. The molecule has 0 atom stereocenters. The van der Waals surface area contributed by atoms with Crippen molar-refractivity contribution >= 4 is 39.4 Å². The second-order valence-electron chi connectivity index (χ2n) is 9.60. The Morgan fingerprint density at radius 1 is 1.16 bits per heavy atom. The van der Waals surface area contributed by atoms with Crippen molar-refractivity contribution in [3.05, 3.63) is 22.9 Å². The van der Waals surface area contributed by atoms with Crippen LogP contribution in [0.1, 0.15) is 33.1 Å². The van der Waals surface area contributed by atoms with E-state index in [9.17, 15) is 4.79 Å². The zero-order valence-corrected chi connectivity index (χ0v) is 24.3. The van der Waals surface area contributed by atoms with Crippen LogP contribution in [0.2, 0.25) is 0 Å². The molecule has 0 aromatic heterocycles. The number of nitrogen functional groups attached to an aromatic ring is 1. The Kier molecular flexibility index (Phi) is 8.59. The maximum absolute atomic E-state index is 12.5. The molecule has 5 rings (SSSR count). The molecule has 12 heteroatoms. The number of imidazole rings is 1. The summed E-state index contributed by atoms with van der Waals surface area (Å²) in [5.41, 5.74) is 6.79. The van der Waals surface area contributed by atoms with Gasteiger partial charge < -0.3 is 24.7 Å². The van der Waals surface area contributed by atoms with Crippen molar-refractivity contribution < 1.29 is 14.3 Å². The Balaban J connectivity index is 1.21. The van der Waals surface area contributed by atoms with Crippen LogP contribution in [0, 0.1) is 5.92 Å². The summed E-state index contributed by atoms with van der Waals surface area (Å²) in [6, 6.07) is 3.86. The summed E-state index contributed by atoms with van der Waals surface area (Å²) >= 11 is 5.08. The molecule has 1 fully saturated rings. The number of amides is 1. The Morgan fingerprint density at radius 2 is 1.87 bits per heavy atom. The third-order valence-corrected chi connectivity index (χ3v) is 9.07. The van der Waals surface area contributed by atoms with Crippen molar-refractivity contribution in [3.63, 3.8) is 0 Å². The van der Waals surface area contributed by atoms with Crippen molar-refractivity contribution in [2.75, 3.05) is 51.7 Å². The molecule has 0 aliphatic carbocycles. The number of halogens is 1. The van der Waals surface area contributed by atoms with Crippen molar-refractivity contribution in [1.82, 2.24) is 29.3 Å². The van der Waals surface area contributed by atoms with Gasteiger partial charge in [0.05, 0.1) is 12.9 Å². The van der Waals surface area contributed by atoms with Gasteiger partial charge in [0.15, 0.2) is 34.0 Å². The average molecular weight is 605 g/mol.